The maximum Gasteiger partial charge on any atom is 0.291 e. The number of imidazole rings is 2. The number of fused-ring (bicyclic) bond motifs is 1. The molecule has 8 rings (SSSR count). The van der Waals surface area contributed by atoms with Crippen LogP contribution in [-0.2, 0) is 80.5 Å². The standard InChI is InChI=1S/C72H95ClN18O16/c1-47-39-57(80-53-14-12-52(73)13-15-53)56-40-51(11-16-58(56)91(47)48(2)92)49-7-9-50(10-8-49)67(95)77-21-23-100-25-27-102-29-31-104-33-35-106-37-38-107-36-34-105-32-30-103-28-26-101-24-22-78-69(97)60-42-55(44-88(60)4)82-71(99)65-85-61(45-89(65)5)83-63(93)17-19-76-68(96)59-41-54(43-87(59)3)81-70(98)66-86-62(46-90(66)6)84-64(94)18-20-79-72(74)75/h7-16,40-47,57,80H,17-39H2,1-6H3,(H,76,96)(H,77,95)(H,78,97)(H,81,98)(H,82,99)(H,83,93)(H,84,94)(H4,74,75,79)/t47-,57+/m0/s1. The van der Waals surface area contributed by atoms with Gasteiger partial charge in [0, 0.05) is 120 Å². The SMILES string of the molecule is CC(=O)N1c2ccc(-c3ccc(C(=O)NCCOCCOCCOCCOCCOCCOCCOCCOCCNC(=O)c4cc(NC(=O)c5nc(NC(=O)CCNC(=O)c6cc(NC(=O)c7nc(NC(=O)CCN=C(N)N)cn7C)cn6C)cn5C)cn4C)cc3)cc2[C@H](Nc2ccc(Cl)cc2)C[C@@H]1C. The van der Waals surface area contributed by atoms with Gasteiger partial charge in [0.05, 0.1) is 130 Å². The monoisotopic (exact) mass is 1500 g/mol. The molecule has 35 heteroatoms. The second kappa shape index (κ2) is 42.5. The van der Waals surface area contributed by atoms with Gasteiger partial charge in [-0.2, -0.15) is 0 Å². The van der Waals surface area contributed by atoms with Crippen LogP contribution >= 0.6 is 11.6 Å². The van der Waals surface area contributed by atoms with Gasteiger partial charge in [-0.15, -0.1) is 0 Å². The zero-order valence-corrected chi connectivity index (χ0v) is 61.6. The van der Waals surface area contributed by atoms with Crippen LogP contribution in [0.2, 0.25) is 5.02 Å². The van der Waals surface area contributed by atoms with Crippen LogP contribution in [0.15, 0.2) is 109 Å². The molecule has 2 atom stereocenters. The Morgan fingerprint density at radius 3 is 1.37 bits per heavy atom. The highest BCUT2D eigenvalue weighted by molar-refractivity contribution is 6.30. The molecule has 7 aromatic rings. The minimum Gasteiger partial charge on any atom is -0.378 e. The van der Waals surface area contributed by atoms with Crippen molar-refractivity contribution in [2.24, 2.45) is 44.7 Å². The fourth-order valence-electron chi connectivity index (χ4n) is 11.2. The van der Waals surface area contributed by atoms with E-state index in [4.69, 9.17) is 61.0 Å². The van der Waals surface area contributed by atoms with Gasteiger partial charge in [-0.1, -0.05) is 29.8 Å². The Kier molecular flexibility index (Phi) is 32.6. The van der Waals surface area contributed by atoms with E-state index in [1.807, 2.05) is 53.4 Å². The summed E-state index contributed by atoms with van der Waals surface area (Å²) in [5, 5.41) is 23.3. The van der Waals surface area contributed by atoms with Crippen molar-refractivity contribution in [3.8, 4) is 11.1 Å². The summed E-state index contributed by atoms with van der Waals surface area (Å²) in [4.78, 5) is 117. The normalized spacial score (nSPS) is 13.1. The number of nitrogens with two attached hydrogens (primary N) is 2. The summed E-state index contributed by atoms with van der Waals surface area (Å²) in [6.07, 6.45) is 6.61. The number of nitrogens with zero attached hydrogens (tertiary/aromatic N) is 8. The molecule has 107 heavy (non-hydrogen) atoms. The number of aryl methyl sites for hydroxylation is 4. The number of hydrogen-bond donors (Lipinski definition) is 10. The van der Waals surface area contributed by atoms with Crippen molar-refractivity contribution < 1.29 is 76.3 Å². The maximum atomic E-state index is 13.3. The number of rotatable bonds is 45. The molecule has 12 N–H and O–H groups in total. The van der Waals surface area contributed by atoms with Crippen molar-refractivity contribution in [1.29, 1.82) is 0 Å². The Hall–Kier alpha value is -10.6. The number of carbonyl (C=O) groups is 8. The Labute approximate surface area is 624 Å². The molecule has 3 aromatic carbocycles. The zero-order valence-electron chi connectivity index (χ0n) is 60.9. The van der Waals surface area contributed by atoms with Gasteiger partial charge in [0.25, 0.3) is 29.5 Å². The van der Waals surface area contributed by atoms with Gasteiger partial charge in [-0.25, -0.2) is 9.97 Å². The first-order valence-electron chi connectivity index (χ1n) is 34.8. The van der Waals surface area contributed by atoms with Gasteiger partial charge in [0.1, 0.15) is 11.4 Å². The van der Waals surface area contributed by atoms with E-state index >= 15 is 0 Å². The Balaban J connectivity index is 0.567. The number of anilines is 6. The van der Waals surface area contributed by atoms with Crippen molar-refractivity contribution >= 4 is 99.2 Å². The van der Waals surface area contributed by atoms with E-state index in [2.05, 4.69) is 70.5 Å². The molecule has 0 spiro atoms. The molecular formula is C72H95ClN18O16. The number of benzene rings is 3. The number of halogens is 1. The number of guanidine groups is 1. The van der Waals surface area contributed by atoms with Crippen LogP contribution in [0.25, 0.3) is 11.1 Å². The van der Waals surface area contributed by atoms with Crippen LogP contribution in [0.1, 0.15) is 97.3 Å². The number of ether oxygens (including phenoxy) is 8. The van der Waals surface area contributed by atoms with Crippen molar-refractivity contribution in [1.82, 2.24) is 44.2 Å². The molecule has 0 fully saturated rings. The van der Waals surface area contributed by atoms with Gasteiger partial charge >= 0.3 is 0 Å². The fourth-order valence-corrected chi connectivity index (χ4v) is 11.3. The Morgan fingerprint density at radius 1 is 0.486 bits per heavy atom. The minimum atomic E-state index is -0.601. The molecule has 1 aliphatic heterocycles. The summed E-state index contributed by atoms with van der Waals surface area (Å²) in [5.74, 6) is -3.14. The quantitative estimate of drug-likeness (QED) is 0.0141. The van der Waals surface area contributed by atoms with Gasteiger partial charge in [0.15, 0.2) is 17.6 Å². The summed E-state index contributed by atoms with van der Waals surface area (Å²) in [6, 6.07) is 24.1. The molecular weight excluding hydrogens is 1410 g/mol. The predicted molar refractivity (Wildman–Crippen MR) is 401 cm³/mol. The van der Waals surface area contributed by atoms with Gasteiger partial charge in [-0.3, -0.25) is 43.3 Å². The van der Waals surface area contributed by atoms with Gasteiger partial charge < -0.3 is 115 Å². The number of nitrogens with one attached hydrogen (secondary N) is 8. The third-order valence-corrected chi connectivity index (χ3v) is 16.6. The second-order valence-corrected chi connectivity index (χ2v) is 25.0. The summed E-state index contributed by atoms with van der Waals surface area (Å²) in [7, 11) is 6.42. The molecule has 34 nitrogen and oxygen atoms in total. The van der Waals surface area contributed by atoms with E-state index in [0.29, 0.717) is 128 Å². The van der Waals surface area contributed by atoms with Crippen molar-refractivity contribution in [2.75, 3.05) is 163 Å². The third-order valence-electron chi connectivity index (χ3n) is 16.3. The highest BCUT2D eigenvalue weighted by atomic mass is 35.5. The van der Waals surface area contributed by atoms with E-state index in [9.17, 15) is 38.4 Å². The average Bonchev–Trinajstić information content (AvgIpc) is 1.63. The first kappa shape index (κ1) is 82.1. The lowest BCUT2D eigenvalue weighted by Crippen LogP contribution is -2.43. The van der Waals surface area contributed by atoms with Crippen molar-refractivity contribution in [3.05, 3.63) is 143 Å². The van der Waals surface area contributed by atoms with E-state index in [0.717, 1.165) is 34.5 Å². The molecule has 0 radical (unpaired) electrons. The lowest BCUT2D eigenvalue weighted by molar-refractivity contribution is -0.117. The minimum absolute atomic E-state index is 0.00152. The molecule has 1 aliphatic rings. The molecule has 8 amide bonds. The largest absolute Gasteiger partial charge is 0.378 e. The second-order valence-electron chi connectivity index (χ2n) is 24.6. The number of aliphatic imine (C=N–C) groups is 1. The number of amides is 8. The number of carbonyl (C=O) groups excluding carboxylic acids is 8. The number of hydrogen-bond acceptors (Lipinski definition) is 20. The van der Waals surface area contributed by atoms with Crippen LogP contribution < -0.4 is 58.9 Å². The summed E-state index contributed by atoms with van der Waals surface area (Å²) in [6.45, 7) is 10.2. The molecule has 5 heterocycles. The molecule has 0 unspecified atom stereocenters. The van der Waals surface area contributed by atoms with E-state index in [1.165, 1.54) is 44.4 Å². The van der Waals surface area contributed by atoms with Crippen molar-refractivity contribution in [2.45, 2.75) is 45.2 Å². The highest BCUT2D eigenvalue weighted by Crippen LogP contribution is 2.41. The summed E-state index contributed by atoms with van der Waals surface area (Å²) >= 11 is 6.14. The fraction of sp³-hybridized carbons (Fsp3) is 0.431. The van der Waals surface area contributed by atoms with E-state index in [1.54, 1.807) is 58.0 Å². The van der Waals surface area contributed by atoms with Crippen LogP contribution in [-0.4, -0.2) is 219 Å². The lowest BCUT2D eigenvalue weighted by Gasteiger charge is -2.39. The average molecular weight is 1500 g/mol. The van der Waals surface area contributed by atoms with Gasteiger partial charge in [-0.05, 0) is 90.7 Å². The maximum absolute atomic E-state index is 13.3. The van der Waals surface area contributed by atoms with Crippen LogP contribution in [0.5, 0.6) is 0 Å². The molecule has 0 saturated carbocycles. The first-order chi connectivity index (χ1) is 51.6. The highest BCUT2D eigenvalue weighted by Gasteiger charge is 2.33. The summed E-state index contributed by atoms with van der Waals surface area (Å²) < 4.78 is 50.5. The number of aromatic nitrogens is 6. The predicted octanol–water partition coefficient (Wildman–Crippen LogP) is 4.61. The zero-order chi connectivity index (χ0) is 76.6. The first-order valence-corrected chi connectivity index (χ1v) is 35.2. The van der Waals surface area contributed by atoms with Crippen LogP contribution in [0.3, 0.4) is 0 Å². The molecule has 4 aromatic heterocycles. The Bertz CT molecular complexity index is 4130. The van der Waals surface area contributed by atoms with E-state index in [-0.39, 0.29) is 110 Å². The van der Waals surface area contributed by atoms with E-state index < -0.39 is 29.5 Å². The topological polar surface area (TPSA) is 420 Å². The molecule has 0 aliphatic carbocycles. The van der Waals surface area contributed by atoms with Crippen LogP contribution in [0.4, 0.5) is 34.4 Å². The Morgan fingerprint density at radius 2 is 0.916 bits per heavy atom. The van der Waals surface area contributed by atoms with Gasteiger partial charge in [0.2, 0.25) is 29.4 Å². The lowest BCUT2D eigenvalue weighted by atomic mass is 9.88. The molecule has 0 saturated heterocycles. The molecule has 576 valence electrons. The molecule has 0 bridgehead atoms. The third kappa shape index (κ3) is 26.5. The van der Waals surface area contributed by atoms with Crippen LogP contribution in [0, 0.1) is 0 Å². The smallest absolute Gasteiger partial charge is 0.291 e. The summed E-state index contributed by atoms with van der Waals surface area (Å²) in [5.41, 5.74) is 17.0. The van der Waals surface area contributed by atoms with Crippen molar-refractivity contribution in [3.63, 3.8) is 0 Å².